The van der Waals surface area contributed by atoms with Gasteiger partial charge in [-0.2, -0.15) is 0 Å². The van der Waals surface area contributed by atoms with Gasteiger partial charge in [0.05, 0.1) is 32.8 Å². The van der Waals surface area contributed by atoms with Crippen molar-refractivity contribution in [2.75, 3.05) is 32.8 Å². The van der Waals surface area contributed by atoms with E-state index in [0.717, 1.165) is 24.2 Å². The number of quaternary nitrogens is 1. The monoisotopic (exact) mass is 377 g/mol. The summed E-state index contributed by atoms with van der Waals surface area (Å²) in [5, 5.41) is 0. The van der Waals surface area contributed by atoms with E-state index in [2.05, 4.69) is 52.0 Å². The molecule has 0 aliphatic rings. The molecule has 0 N–H and O–H groups in total. The summed E-state index contributed by atoms with van der Waals surface area (Å²) in [6.45, 7) is 15.2. The second-order valence-corrected chi connectivity index (χ2v) is 5.06. The van der Waals surface area contributed by atoms with E-state index in [4.69, 9.17) is 4.74 Å². The lowest BCUT2D eigenvalue weighted by Crippen LogP contribution is -3.00. The minimum Gasteiger partial charge on any atom is -1.00 e. The predicted molar refractivity (Wildman–Crippen MR) is 77.6 cm³/mol. The maximum absolute atomic E-state index is 5.82. The lowest BCUT2D eigenvalue weighted by Gasteiger charge is -2.35. The van der Waals surface area contributed by atoms with Crippen molar-refractivity contribution in [2.24, 2.45) is 0 Å². The lowest BCUT2D eigenvalue weighted by atomic mass is 10.1. The molecule has 0 aromatic heterocycles. The molecule has 110 valence electrons. The van der Waals surface area contributed by atoms with Crippen LogP contribution in [0.2, 0.25) is 0 Å². The first-order valence-corrected chi connectivity index (χ1v) is 7.14. The summed E-state index contributed by atoms with van der Waals surface area (Å²) in [6.07, 6.45) is 0. The molecule has 0 saturated carbocycles. The third kappa shape index (κ3) is 6.23. The number of nitrogens with zero attached hydrogens (tertiary/aromatic N) is 1. The van der Waals surface area contributed by atoms with E-state index in [1.54, 1.807) is 0 Å². The first-order valence-electron chi connectivity index (χ1n) is 7.14. The molecule has 0 heterocycles. The van der Waals surface area contributed by atoms with E-state index in [1.807, 2.05) is 0 Å². The van der Waals surface area contributed by atoms with Gasteiger partial charge in [-0.1, -0.05) is 29.8 Å². The highest BCUT2D eigenvalue weighted by Crippen LogP contribution is 2.08. The molecule has 0 fully saturated rings. The molecule has 3 heteroatoms. The van der Waals surface area contributed by atoms with Gasteiger partial charge in [0, 0.05) is 0 Å². The average molecular weight is 377 g/mol. The molecule has 0 radical (unpaired) electrons. The smallest absolute Gasteiger partial charge is 0.102 e. The van der Waals surface area contributed by atoms with Crippen LogP contribution in [0, 0.1) is 6.92 Å². The largest absolute Gasteiger partial charge is 1.00 e. The quantitative estimate of drug-likeness (QED) is 0.362. The van der Waals surface area contributed by atoms with E-state index in [0.29, 0.717) is 0 Å². The van der Waals surface area contributed by atoms with Crippen LogP contribution < -0.4 is 24.0 Å². The summed E-state index contributed by atoms with van der Waals surface area (Å²) in [5.74, 6) is 0. The zero-order valence-corrected chi connectivity index (χ0v) is 14.9. The van der Waals surface area contributed by atoms with Crippen molar-refractivity contribution in [1.29, 1.82) is 0 Å². The molecule has 0 bridgehead atoms. The van der Waals surface area contributed by atoms with Crippen molar-refractivity contribution in [3.05, 3.63) is 35.4 Å². The summed E-state index contributed by atoms with van der Waals surface area (Å²) in [7, 11) is 0. The van der Waals surface area contributed by atoms with Crippen LogP contribution in [0.1, 0.15) is 31.9 Å². The van der Waals surface area contributed by atoms with Crippen LogP contribution in [0.15, 0.2) is 24.3 Å². The van der Waals surface area contributed by atoms with Gasteiger partial charge in [-0.05, 0) is 33.3 Å². The number of likely N-dealkylation sites (N-methyl/N-ethyl adjacent to an activating group) is 1. The third-order valence-corrected chi connectivity index (χ3v) is 4.07. The number of halogens is 1. The number of ether oxygens (including phenoxy) is 1. The fourth-order valence-corrected chi connectivity index (χ4v) is 2.40. The van der Waals surface area contributed by atoms with Gasteiger partial charge in [0.2, 0.25) is 0 Å². The van der Waals surface area contributed by atoms with Crippen molar-refractivity contribution in [3.63, 3.8) is 0 Å². The minimum atomic E-state index is 0. The van der Waals surface area contributed by atoms with Crippen molar-refractivity contribution in [1.82, 2.24) is 0 Å². The van der Waals surface area contributed by atoms with Crippen molar-refractivity contribution in [2.45, 2.75) is 34.3 Å². The Hall–Kier alpha value is -0.130. The second kappa shape index (κ2) is 9.72. The van der Waals surface area contributed by atoms with Gasteiger partial charge < -0.3 is 33.2 Å². The molecule has 0 spiro atoms. The van der Waals surface area contributed by atoms with Crippen LogP contribution in [0.5, 0.6) is 0 Å². The Morgan fingerprint density at radius 2 is 1.68 bits per heavy atom. The van der Waals surface area contributed by atoms with Crippen LogP contribution in [0.3, 0.4) is 0 Å². The fraction of sp³-hybridized carbons (Fsp3) is 0.625. The normalized spacial score (nSPS) is 11.2. The Kier molecular flexibility index (Phi) is 9.66. The van der Waals surface area contributed by atoms with E-state index in [9.17, 15) is 0 Å². The number of benzene rings is 1. The van der Waals surface area contributed by atoms with E-state index in [1.165, 1.54) is 30.8 Å². The van der Waals surface area contributed by atoms with Crippen molar-refractivity contribution in [3.8, 4) is 0 Å². The van der Waals surface area contributed by atoms with E-state index in [-0.39, 0.29) is 24.0 Å². The molecular formula is C16H28INO. The number of aryl methyl sites for hydroxylation is 1. The molecule has 1 aromatic rings. The first-order chi connectivity index (χ1) is 8.65. The number of hydrogen-bond donors (Lipinski definition) is 0. The summed E-state index contributed by atoms with van der Waals surface area (Å²) >= 11 is 0. The predicted octanol–water partition coefficient (Wildman–Crippen LogP) is 0.392. The Labute approximate surface area is 135 Å². The number of hydrogen-bond acceptors (Lipinski definition) is 1. The van der Waals surface area contributed by atoms with E-state index >= 15 is 0 Å². The van der Waals surface area contributed by atoms with Crippen LogP contribution in [-0.4, -0.2) is 37.3 Å². The molecular weight excluding hydrogens is 349 g/mol. The SMILES string of the molecule is CC[N+](CC)(CC)CCOCc1cccc(C)c1.[I-]. The maximum Gasteiger partial charge on any atom is 0.102 e. The number of rotatable bonds is 8. The summed E-state index contributed by atoms with van der Waals surface area (Å²) in [6, 6.07) is 8.55. The molecule has 1 aromatic carbocycles. The molecule has 0 saturated heterocycles. The van der Waals surface area contributed by atoms with Crippen LogP contribution in [0.25, 0.3) is 0 Å². The minimum absolute atomic E-state index is 0. The van der Waals surface area contributed by atoms with E-state index < -0.39 is 0 Å². The summed E-state index contributed by atoms with van der Waals surface area (Å²) in [5.41, 5.74) is 2.58. The average Bonchev–Trinajstić information content (AvgIpc) is 2.40. The first kappa shape index (κ1) is 18.9. The molecule has 0 aliphatic carbocycles. The van der Waals surface area contributed by atoms with Gasteiger partial charge in [-0.15, -0.1) is 0 Å². The van der Waals surface area contributed by atoms with Crippen molar-refractivity contribution < 1.29 is 33.2 Å². The Morgan fingerprint density at radius 3 is 2.21 bits per heavy atom. The molecule has 0 aliphatic heterocycles. The van der Waals surface area contributed by atoms with Gasteiger partial charge in [-0.25, -0.2) is 0 Å². The molecule has 1 rings (SSSR count). The molecule has 2 nitrogen and oxygen atoms in total. The third-order valence-electron chi connectivity index (χ3n) is 4.07. The summed E-state index contributed by atoms with van der Waals surface area (Å²) < 4.78 is 6.98. The van der Waals surface area contributed by atoms with Crippen LogP contribution >= 0.6 is 0 Å². The van der Waals surface area contributed by atoms with Gasteiger partial charge >= 0.3 is 0 Å². The van der Waals surface area contributed by atoms with Gasteiger partial charge in [0.25, 0.3) is 0 Å². The van der Waals surface area contributed by atoms with Crippen LogP contribution in [0.4, 0.5) is 0 Å². The highest BCUT2D eigenvalue weighted by molar-refractivity contribution is 5.21. The maximum atomic E-state index is 5.82. The highest BCUT2D eigenvalue weighted by atomic mass is 127. The molecule has 0 atom stereocenters. The molecule has 0 amide bonds. The Balaban J connectivity index is 0.00000324. The topological polar surface area (TPSA) is 9.23 Å². The Morgan fingerprint density at radius 1 is 1.05 bits per heavy atom. The van der Waals surface area contributed by atoms with Gasteiger partial charge in [0.15, 0.2) is 0 Å². The zero-order chi connectivity index (χ0) is 13.4. The lowest BCUT2D eigenvalue weighted by molar-refractivity contribution is -0.923. The van der Waals surface area contributed by atoms with Crippen LogP contribution in [-0.2, 0) is 11.3 Å². The van der Waals surface area contributed by atoms with Gasteiger partial charge in [-0.3, -0.25) is 0 Å². The zero-order valence-electron chi connectivity index (χ0n) is 12.8. The molecule has 0 unspecified atom stereocenters. The van der Waals surface area contributed by atoms with Crippen molar-refractivity contribution >= 4 is 0 Å². The molecule has 19 heavy (non-hydrogen) atoms. The standard InChI is InChI=1S/C16H28NO.HI/c1-5-17(6-2,7-3)11-12-18-14-16-10-8-9-15(4)13-16;/h8-10,13H,5-7,11-12,14H2,1-4H3;1H/q+1;/p-1. The Bertz CT molecular complexity index is 342. The summed E-state index contributed by atoms with van der Waals surface area (Å²) in [4.78, 5) is 0. The second-order valence-electron chi connectivity index (χ2n) is 5.06. The highest BCUT2D eigenvalue weighted by Gasteiger charge is 2.19. The fourth-order valence-electron chi connectivity index (χ4n) is 2.40. The van der Waals surface area contributed by atoms with Gasteiger partial charge in [0.1, 0.15) is 6.54 Å².